The van der Waals surface area contributed by atoms with Gasteiger partial charge >= 0.3 is 0 Å². The maximum absolute atomic E-state index is 2.30. The van der Waals surface area contributed by atoms with Gasteiger partial charge < -0.3 is 4.90 Å². The van der Waals surface area contributed by atoms with Crippen molar-refractivity contribution in [2.24, 2.45) is 0 Å². The summed E-state index contributed by atoms with van der Waals surface area (Å²) in [7, 11) is 4.19. The third-order valence-electron chi connectivity index (χ3n) is 1.90. The second kappa shape index (κ2) is 6.90. The molecule has 1 heteroatoms. The van der Waals surface area contributed by atoms with Crippen molar-refractivity contribution < 1.29 is 0 Å². The fourth-order valence-electron chi connectivity index (χ4n) is 1.03. The first-order valence-electron chi connectivity index (χ1n) is 4.96. The van der Waals surface area contributed by atoms with Crippen molar-refractivity contribution in [3.63, 3.8) is 0 Å². The van der Waals surface area contributed by atoms with Crippen LogP contribution < -0.4 is 0 Å². The molecule has 0 aliphatic heterocycles. The van der Waals surface area contributed by atoms with E-state index in [-0.39, 0.29) is 0 Å². The first-order chi connectivity index (χ1) is 6.02. The smallest absolute Gasteiger partial charge is 0.0159 e. The highest BCUT2D eigenvalue weighted by Crippen LogP contribution is 2.06. The SMILES string of the molecule is CC(C)=CCC/C(C)=C\CN(C)C. The van der Waals surface area contributed by atoms with E-state index < -0.39 is 0 Å². The second-order valence-corrected chi connectivity index (χ2v) is 4.13. The number of likely N-dealkylation sites (N-methyl/N-ethyl adjacent to an activating group) is 1. The van der Waals surface area contributed by atoms with Crippen molar-refractivity contribution >= 4 is 0 Å². The standard InChI is InChI=1S/C12H23N/c1-11(2)7-6-8-12(3)9-10-13(4)5/h7,9H,6,8,10H2,1-5H3/b12-9-. The number of nitrogens with zero attached hydrogens (tertiary/aromatic N) is 1. The Balaban J connectivity index is 3.67. The molecule has 0 atom stereocenters. The Morgan fingerprint density at radius 3 is 2.15 bits per heavy atom. The van der Waals surface area contributed by atoms with Crippen LogP contribution in [0.25, 0.3) is 0 Å². The van der Waals surface area contributed by atoms with Crippen molar-refractivity contribution in [3.8, 4) is 0 Å². The van der Waals surface area contributed by atoms with Gasteiger partial charge in [0.25, 0.3) is 0 Å². The Hall–Kier alpha value is -0.560. The lowest BCUT2D eigenvalue weighted by Gasteiger charge is -2.06. The normalized spacial score (nSPS) is 12.0. The van der Waals surface area contributed by atoms with Gasteiger partial charge in [-0.25, -0.2) is 0 Å². The van der Waals surface area contributed by atoms with Crippen LogP contribution in [0.4, 0.5) is 0 Å². The summed E-state index contributed by atoms with van der Waals surface area (Å²) in [5.41, 5.74) is 2.91. The molecule has 0 radical (unpaired) electrons. The zero-order chi connectivity index (χ0) is 10.3. The Morgan fingerprint density at radius 2 is 1.69 bits per heavy atom. The molecule has 0 bridgehead atoms. The molecule has 0 saturated carbocycles. The molecule has 76 valence electrons. The molecule has 0 aromatic carbocycles. The van der Waals surface area contributed by atoms with Crippen LogP contribution in [0.2, 0.25) is 0 Å². The van der Waals surface area contributed by atoms with Crippen molar-refractivity contribution in [2.45, 2.75) is 33.6 Å². The molecule has 0 fully saturated rings. The molecule has 0 N–H and O–H groups in total. The van der Waals surface area contributed by atoms with E-state index in [1.54, 1.807) is 0 Å². The van der Waals surface area contributed by atoms with Crippen LogP contribution >= 0.6 is 0 Å². The lowest BCUT2D eigenvalue weighted by Crippen LogP contribution is -2.10. The average Bonchev–Trinajstić information content (AvgIpc) is 2.00. The van der Waals surface area contributed by atoms with Crippen molar-refractivity contribution in [1.82, 2.24) is 4.90 Å². The first-order valence-corrected chi connectivity index (χ1v) is 4.96. The third kappa shape index (κ3) is 9.35. The van der Waals surface area contributed by atoms with E-state index in [1.165, 1.54) is 24.0 Å². The molecule has 1 nitrogen and oxygen atoms in total. The first kappa shape index (κ1) is 12.4. The minimum absolute atomic E-state index is 1.06. The quantitative estimate of drug-likeness (QED) is 0.589. The van der Waals surface area contributed by atoms with E-state index >= 15 is 0 Å². The molecular weight excluding hydrogens is 158 g/mol. The molecule has 0 unspecified atom stereocenters. The molecule has 0 aliphatic carbocycles. The van der Waals surface area contributed by atoms with Crippen molar-refractivity contribution in [2.75, 3.05) is 20.6 Å². The van der Waals surface area contributed by atoms with Gasteiger partial charge in [0.1, 0.15) is 0 Å². The fraction of sp³-hybridized carbons (Fsp3) is 0.667. The summed E-state index contributed by atoms with van der Waals surface area (Å²) in [6.07, 6.45) is 6.98. The van der Waals surface area contributed by atoms with Crippen LogP contribution in [0, 0.1) is 0 Å². The van der Waals surface area contributed by atoms with E-state index in [0.29, 0.717) is 0 Å². The largest absolute Gasteiger partial charge is 0.306 e. The summed E-state index contributed by atoms with van der Waals surface area (Å²) in [5.74, 6) is 0. The number of allylic oxidation sites excluding steroid dienone is 3. The van der Waals surface area contributed by atoms with Gasteiger partial charge in [0.05, 0.1) is 0 Å². The van der Waals surface area contributed by atoms with Gasteiger partial charge in [-0.05, 0) is 47.7 Å². The van der Waals surface area contributed by atoms with Crippen LogP contribution in [0.1, 0.15) is 33.6 Å². The van der Waals surface area contributed by atoms with Crippen molar-refractivity contribution in [3.05, 3.63) is 23.3 Å². The van der Waals surface area contributed by atoms with Gasteiger partial charge in [0.2, 0.25) is 0 Å². The Labute approximate surface area is 83.1 Å². The second-order valence-electron chi connectivity index (χ2n) is 4.13. The minimum atomic E-state index is 1.06. The number of hydrogen-bond donors (Lipinski definition) is 0. The molecule has 0 amide bonds. The van der Waals surface area contributed by atoms with E-state index in [0.717, 1.165) is 6.54 Å². The molecule has 0 saturated heterocycles. The molecule has 13 heavy (non-hydrogen) atoms. The van der Waals surface area contributed by atoms with Gasteiger partial charge in [-0.3, -0.25) is 0 Å². The lowest BCUT2D eigenvalue weighted by molar-refractivity contribution is 0.455. The predicted molar refractivity (Wildman–Crippen MR) is 61.0 cm³/mol. The van der Waals surface area contributed by atoms with Gasteiger partial charge in [-0.1, -0.05) is 23.3 Å². The number of hydrogen-bond acceptors (Lipinski definition) is 1. The van der Waals surface area contributed by atoms with E-state index in [1.807, 2.05) is 0 Å². The Bertz CT molecular complexity index is 183. The summed E-state index contributed by atoms with van der Waals surface area (Å²) >= 11 is 0. The predicted octanol–water partition coefficient (Wildman–Crippen LogP) is 3.24. The molecule has 0 rings (SSSR count). The van der Waals surface area contributed by atoms with Gasteiger partial charge in [0, 0.05) is 6.54 Å². The third-order valence-corrected chi connectivity index (χ3v) is 1.90. The summed E-state index contributed by atoms with van der Waals surface area (Å²) in [4.78, 5) is 2.18. The maximum Gasteiger partial charge on any atom is 0.0159 e. The van der Waals surface area contributed by atoms with Gasteiger partial charge in [-0.2, -0.15) is 0 Å². The molecule has 0 aliphatic rings. The van der Waals surface area contributed by atoms with E-state index in [2.05, 4.69) is 51.9 Å². The van der Waals surface area contributed by atoms with Crippen LogP contribution in [0.3, 0.4) is 0 Å². The molecule has 0 heterocycles. The Morgan fingerprint density at radius 1 is 1.08 bits per heavy atom. The minimum Gasteiger partial charge on any atom is -0.306 e. The van der Waals surface area contributed by atoms with Crippen LogP contribution in [0.15, 0.2) is 23.3 Å². The van der Waals surface area contributed by atoms with E-state index in [4.69, 9.17) is 0 Å². The van der Waals surface area contributed by atoms with Crippen LogP contribution in [-0.4, -0.2) is 25.5 Å². The molecule has 0 aromatic rings. The summed E-state index contributed by atoms with van der Waals surface area (Å²) in [5, 5.41) is 0. The summed E-state index contributed by atoms with van der Waals surface area (Å²) < 4.78 is 0. The number of rotatable bonds is 5. The topological polar surface area (TPSA) is 3.24 Å². The molecule has 0 aromatic heterocycles. The monoisotopic (exact) mass is 181 g/mol. The summed E-state index contributed by atoms with van der Waals surface area (Å²) in [6.45, 7) is 7.57. The fourth-order valence-corrected chi connectivity index (χ4v) is 1.03. The van der Waals surface area contributed by atoms with E-state index in [9.17, 15) is 0 Å². The molecule has 0 spiro atoms. The summed E-state index contributed by atoms with van der Waals surface area (Å²) in [6, 6.07) is 0. The van der Waals surface area contributed by atoms with Crippen LogP contribution in [0.5, 0.6) is 0 Å². The molecular formula is C12H23N. The van der Waals surface area contributed by atoms with Crippen LogP contribution in [-0.2, 0) is 0 Å². The van der Waals surface area contributed by atoms with Crippen molar-refractivity contribution in [1.29, 1.82) is 0 Å². The average molecular weight is 181 g/mol. The zero-order valence-corrected chi connectivity index (χ0v) is 9.72. The highest BCUT2D eigenvalue weighted by Gasteiger charge is 1.89. The van der Waals surface area contributed by atoms with Gasteiger partial charge in [0.15, 0.2) is 0 Å². The lowest BCUT2D eigenvalue weighted by atomic mass is 10.1. The highest BCUT2D eigenvalue weighted by molar-refractivity contribution is 5.02. The highest BCUT2D eigenvalue weighted by atomic mass is 15.0. The zero-order valence-electron chi connectivity index (χ0n) is 9.72. The maximum atomic E-state index is 2.30. The van der Waals surface area contributed by atoms with Gasteiger partial charge in [-0.15, -0.1) is 0 Å². The Kier molecular flexibility index (Phi) is 6.61.